The van der Waals surface area contributed by atoms with Crippen LogP contribution < -0.4 is 9.84 Å². The molecular weight excluding hydrogens is 220 g/mol. The average molecular weight is 237 g/mol. The second-order valence-electron chi connectivity index (χ2n) is 4.62. The van der Waals surface area contributed by atoms with E-state index in [1.807, 2.05) is 12.1 Å². The number of ether oxygens (including phenoxy) is 1. The maximum absolute atomic E-state index is 10.2. The molecule has 0 heterocycles. The van der Waals surface area contributed by atoms with Gasteiger partial charge in [0, 0.05) is 0 Å². The van der Waals surface area contributed by atoms with Crippen molar-refractivity contribution in [3.63, 3.8) is 0 Å². The minimum Gasteiger partial charge on any atom is -0.546 e. The second kappa shape index (κ2) is 5.68. The lowest BCUT2D eigenvalue weighted by Crippen LogP contribution is -2.28. The molecule has 0 atom stereocenters. The molecule has 0 fully saturated rings. The van der Waals surface area contributed by atoms with Gasteiger partial charge in [0.05, 0.1) is 11.6 Å². The van der Waals surface area contributed by atoms with Gasteiger partial charge >= 0.3 is 0 Å². The Bertz CT molecular complexity index is 362. The van der Waals surface area contributed by atoms with Gasteiger partial charge in [-0.3, -0.25) is 0 Å². The molecule has 1 rings (SSSR count). The van der Waals surface area contributed by atoms with E-state index in [-0.39, 0.29) is 0 Å². The van der Waals surface area contributed by atoms with Gasteiger partial charge in [0.1, 0.15) is 12.4 Å². The topological polar surface area (TPSA) is 69.6 Å². The molecule has 0 spiro atoms. The summed E-state index contributed by atoms with van der Waals surface area (Å²) in [5, 5.41) is 19.8. The van der Waals surface area contributed by atoms with Gasteiger partial charge in [-0.1, -0.05) is 12.1 Å². The maximum atomic E-state index is 10.2. The van der Waals surface area contributed by atoms with Gasteiger partial charge in [0.25, 0.3) is 0 Å². The molecule has 0 saturated heterocycles. The van der Waals surface area contributed by atoms with E-state index in [9.17, 15) is 15.0 Å². The van der Waals surface area contributed by atoms with E-state index in [0.29, 0.717) is 12.2 Å². The Morgan fingerprint density at radius 2 is 1.94 bits per heavy atom. The highest BCUT2D eigenvalue weighted by Crippen LogP contribution is 2.16. The van der Waals surface area contributed by atoms with Crippen molar-refractivity contribution in [3.05, 3.63) is 29.8 Å². The zero-order chi connectivity index (χ0) is 12.9. The molecule has 4 heteroatoms. The predicted molar refractivity (Wildman–Crippen MR) is 61.6 cm³/mol. The van der Waals surface area contributed by atoms with Crippen LogP contribution in [-0.4, -0.2) is 23.3 Å². The van der Waals surface area contributed by atoms with Gasteiger partial charge in [-0.15, -0.1) is 0 Å². The number of carbonyl (C=O) groups is 1. The molecule has 17 heavy (non-hydrogen) atoms. The number of benzene rings is 1. The van der Waals surface area contributed by atoms with Crippen molar-refractivity contribution in [2.75, 3.05) is 6.61 Å². The predicted octanol–water partition coefficient (Wildman–Crippen LogP) is 0.519. The van der Waals surface area contributed by atoms with Crippen LogP contribution in [0.4, 0.5) is 0 Å². The van der Waals surface area contributed by atoms with Crippen LogP contribution >= 0.6 is 0 Å². The average Bonchev–Trinajstić information content (AvgIpc) is 2.24. The first-order chi connectivity index (χ1) is 7.87. The summed E-state index contributed by atoms with van der Waals surface area (Å²) in [6.07, 6.45) is 1.44. The van der Waals surface area contributed by atoms with Crippen molar-refractivity contribution in [1.82, 2.24) is 0 Å². The molecule has 94 valence electrons. The molecule has 0 aromatic heterocycles. The smallest absolute Gasteiger partial charge is 0.128 e. The number of aliphatic hydroxyl groups is 1. The fourth-order valence-electron chi connectivity index (χ4n) is 1.34. The second-order valence-corrected chi connectivity index (χ2v) is 4.62. The molecule has 0 unspecified atom stereocenters. The Hall–Kier alpha value is -1.55. The van der Waals surface area contributed by atoms with Crippen LogP contribution in [0.2, 0.25) is 0 Å². The first-order valence-corrected chi connectivity index (χ1v) is 5.51. The summed E-state index contributed by atoms with van der Waals surface area (Å²) in [5.74, 6) is -0.739. The zero-order valence-corrected chi connectivity index (χ0v) is 10.1. The van der Waals surface area contributed by atoms with Crippen LogP contribution in [-0.2, 0) is 11.2 Å². The number of aryl methyl sites for hydroxylation is 1. The summed E-state index contributed by atoms with van der Waals surface area (Å²) in [6, 6.07) is 7.14. The molecule has 0 aliphatic rings. The first-order valence-electron chi connectivity index (χ1n) is 5.51. The van der Waals surface area contributed by atoms with E-state index < -0.39 is 18.2 Å². The summed E-state index contributed by atoms with van der Waals surface area (Å²) in [4.78, 5) is 10.2. The fraction of sp³-hybridized carbons (Fsp3) is 0.462. The standard InChI is InChI=1S/C13H18O4/c1-13(2,16)8-7-10-3-5-11(6-4-10)17-9-12(14)15/h3-6,16H,7-9H2,1-2H3,(H,14,15)/p-1. The van der Waals surface area contributed by atoms with E-state index in [4.69, 9.17) is 4.74 Å². The summed E-state index contributed by atoms with van der Waals surface area (Å²) in [6.45, 7) is 3.09. The molecule has 0 aliphatic carbocycles. The van der Waals surface area contributed by atoms with Crippen LogP contribution in [0.3, 0.4) is 0 Å². The van der Waals surface area contributed by atoms with Gasteiger partial charge in [-0.2, -0.15) is 0 Å². The van der Waals surface area contributed by atoms with Gasteiger partial charge in [-0.05, 0) is 44.4 Å². The summed E-state index contributed by atoms with van der Waals surface area (Å²) < 4.78 is 4.96. The van der Waals surface area contributed by atoms with Gasteiger partial charge in [0.2, 0.25) is 0 Å². The molecule has 0 radical (unpaired) electrons. The number of carboxylic acid groups (broad SMARTS) is 1. The van der Waals surface area contributed by atoms with E-state index in [1.165, 1.54) is 0 Å². The highest BCUT2D eigenvalue weighted by Gasteiger charge is 2.11. The van der Waals surface area contributed by atoms with Crippen molar-refractivity contribution < 1.29 is 19.7 Å². The molecule has 1 aromatic rings. The van der Waals surface area contributed by atoms with Gasteiger partial charge in [0.15, 0.2) is 0 Å². The van der Waals surface area contributed by atoms with Crippen LogP contribution in [0.25, 0.3) is 0 Å². The Balaban J connectivity index is 2.47. The fourth-order valence-corrected chi connectivity index (χ4v) is 1.34. The third-order valence-electron chi connectivity index (χ3n) is 2.31. The van der Waals surface area contributed by atoms with Crippen molar-refractivity contribution in [1.29, 1.82) is 0 Å². The lowest BCUT2D eigenvalue weighted by Gasteiger charge is -2.16. The van der Waals surface area contributed by atoms with E-state index >= 15 is 0 Å². The lowest BCUT2D eigenvalue weighted by molar-refractivity contribution is -0.307. The number of hydrogen-bond donors (Lipinski definition) is 1. The number of carboxylic acids is 1. The number of carbonyl (C=O) groups excluding carboxylic acids is 1. The highest BCUT2D eigenvalue weighted by atomic mass is 16.5. The van der Waals surface area contributed by atoms with E-state index in [1.54, 1.807) is 26.0 Å². The Kier molecular flexibility index (Phi) is 4.52. The Labute approximate surface area is 101 Å². The monoisotopic (exact) mass is 237 g/mol. The van der Waals surface area contributed by atoms with Crippen molar-refractivity contribution in [3.8, 4) is 5.75 Å². The number of rotatable bonds is 6. The Morgan fingerprint density at radius 1 is 1.35 bits per heavy atom. The van der Waals surface area contributed by atoms with Crippen LogP contribution in [0.1, 0.15) is 25.8 Å². The molecular formula is C13H17O4-. The third kappa shape index (κ3) is 5.92. The maximum Gasteiger partial charge on any atom is 0.128 e. The molecule has 0 amide bonds. The minimum absolute atomic E-state index is 0.441. The molecule has 0 aliphatic heterocycles. The lowest BCUT2D eigenvalue weighted by atomic mass is 9.99. The molecule has 1 N–H and O–H groups in total. The van der Waals surface area contributed by atoms with Crippen LogP contribution in [0.5, 0.6) is 5.75 Å². The van der Waals surface area contributed by atoms with Crippen molar-refractivity contribution in [2.45, 2.75) is 32.3 Å². The Morgan fingerprint density at radius 3 is 2.41 bits per heavy atom. The van der Waals surface area contributed by atoms with Crippen molar-refractivity contribution >= 4 is 5.97 Å². The zero-order valence-electron chi connectivity index (χ0n) is 10.1. The van der Waals surface area contributed by atoms with Crippen molar-refractivity contribution in [2.24, 2.45) is 0 Å². The van der Waals surface area contributed by atoms with Gasteiger partial charge < -0.3 is 19.7 Å². The van der Waals surface area contributed by atoms with E-state index in [2.05, 4.69) is 0 Å². The summed E-state index contributed by atoms with van der Waals surface area (Å²) in [7, 11) is 0. The minimum atomic E-state index is -1.24. The largest absolute Gasteiger partial charge is 0.546 e. The normalized spacial score (nSPS) is 11.2. The SMILES string of the molecule is CC(C)(O)CCc1ccc(OCC(=O)[O-])cc1. The number of hydrogen-bond acceptors (Lipinski definition) is 4. The van der Waals surface area contributed by atoms with Crippen LogP contribution in [0.15, 0.2) is 24.3 Å². The van der Waals surface area contributed by atoms with Crippen LogP contribution in [0, 0.1) is 0 Å². The van der Waals surface area contributed by atoms with E-state index in [0.717, 1.165) is 12.0 Å². The summed E-state index contributed by atoms with van der Waals surface area (Å²) in [5.41, 5.74) is 0.400. The highest BCUT2D eigenvalue weighted by molar-refractivity contribution is 5.66. The molecule has 4 nitrogen and oxygen atoms in total. The quantitative estimate of drug-likeness (QED) is 0.783. The molecule has 0 bridgehead atoms. The summed E-state index contributed by atoms with van der Waals surface area (Å²) >= 11 is 0. The molecule has 1 aromatic carbocycles. The number of aliphatic carboxylic acids is 1. The van der Waals surface area contributed by atoms with Gasteiger partial charge in [-0.25, -0.2) is 0 Å². The third-order valence-corrected chi connectivity index (χ3v) is 2.31. The molecule has 0 saturated carbocycles. The first kappa shape index (κ1) is 13.5.